The van der Waals surface area contributed by atoms with Gasteiger partial charge in [-0.1, -0.05) is 0 Å². The van der Waals surface area contributed by atoms with Crippen molar-refractivity contribution in [2.45, 2.75) is 32.2 Å². The van der Waals surface area contributed by atoms with Gasteiger partial charge in [0.2, 0.25) is 0 Å². The summed E-state index contributed by atoms with van der Waals surface area (Å²) in [5, 5.41) is 8.58. The van der Waals surface area contributed by atoms with Gasteiger partial charge in [0.1, 0.15) is 0 Å². The zero-order valence-corrected chi connectivity index (χ0v) is 8.74. The van der Waals surface area contributed by atoms with Gasteiger partial charge >= 0.3 is 5.97 Å². The van der Waals surface area contributed by atoms with Gasteiger partial charge in [-0.3, -0.25) is 9.69 Å². The third kappa shape index (κ3) is 3.64. The van der Waals surface area contributed by atoms with E-state index >= 15 is 0 Å². The summed E-state index contributed by atoms with van der Waals surface area (Å²) in [4.78, 5) is 12.6. The van der Waals surface area contributed by atoms with E-state index in [0.717, 1.165) is 32.6 Å². The summed E-state index contributed by atoms with van der Waals surface area (Å²) in [6.07, 6.45) is 2.54. The number of hydrogen-bond donors (Lipinski definition) is 1. The highest BCUT2D eigenvalue weighted by Crippen LogP contribution is 2.17. The number of carbonyl (C=O) groups is 1. The Kier molecular flexibility index (Phi) is 4.90. The molecule has 4 heteroatoms. The highest BCUT2D eigenvalue weighted by atomic mass is 16.5. The van der Waals surface area contributed by atoms with Crippen LogP contribution in [0.4, 0.5) is 0 Å². The van der Waals surface area contributed by atoms with Crippen LogP contribution in [-0.2, 0) is 9.53 Å². The molecular weight excluding hydrogens is 182 g/mol. The smallest absolute Gasteiger partial charge is 0.304 e. The minimum absolute atomic E-state index is 0.239. The van der Waals surface area contributed by atoms with Gasteiger partial charge in [0.15, 0.2) is 0 Å². The van der Waals surface area contributed by atoms with Gasteiger partial charge in [0, 0.05) is 19.2 Å². The van der Waals surface area contributed by atoms with E-state index in [0.29, 0.717) is 12.6 Å². The number of ether oxygens (including phenoxy) is 1. The fraction of sp³-hybridized carbons (Fsp3) is 0.900. The summed E-state index contributed by atoms with van der Waals surface area (Å²) < 4.78 is 5.37. The third-order valence-corrected chi connectivity index (χ3v) is 2.63. The molecule has 0 aromatic heterocycles. The molecule has 1 aliphatic rings. The van der Waals surface area contributed by atoms with Gasteiger partial charge in [-0.15, -0.1) is 0 Å². The first-order chi connectivity index (χ1) is 6.74. The first kappa shape index (κ1) is 11.5. The molecule has 0 radical (unpaired) electrons. The summed E-state index contributed by atoms with van der Waals surface area (Å²) in [6.45, 7) is 5.15. The normalized spacial score (nSPS) is 22.8. The largest absolute Gasteiger partial charge is 0.481 e. The van der Waals surface area contributed by atoms with Crippen molar-refractivity contribution in [3.8, 4) is 0 Å². The van der Waals surface area contributed by atoms with Crippen molar-refractivity contribution in [1.82, 2.24) is 4.90 Å². The van der Waals surface area contributed by atoms with Gasteiger partial charge in [0.05, 0.1) is 13.0 Å². The van der Waals surface area contributed by atoms with Crippen LogP contribution in [0.5, 0.6) is 0 Å². The Morgan fingerprint density at radius 1 is 1.64 bits per heavy atom. The minimum Gasteiger partial charge on any atom is -0.481 e. The number of nitrogens with zero attached hydrogens (tertiary/aromatic N) is 1. The molecule has 4 nitrogen and oxygen atoms in total. The maximum Gasteiger partial charge on any atom is 0.304 e. The zero-order chi connectivity index (χ0) is 10.4. The second-order valence-corrected chi connectivity index (χ2v) is 3.64. The Labute approximate surface area is 84.8 Å². The van der Waals surface area contributed by atoms with E-state index in [1.54, 1.807) is 0 Å². The molecule has 1 fully saturated rings. The van der Waals surface area contributed by atoms with Gasteiger partial charge < -0.3 is 9.84 Å². The van der Waals surface area contributed by atoms with E-state index in [9.17, 15) is 4.79 Å². The number of carboxylic acid groups (broad SMARTS) is 1. The van der Waals surface area contributed by atoms with Crippen molar-refractivity contribution in [1.29, 1.82) is 0 Å². The highest BCUT2D eigenvalue weighted by Gasteiger charge is 2.24. The Morgan fingerprint density at radius 3 is 3.07 bits per heavy atom. The Balaban J connectivity index is 2.24. The van der Waals surface area contributed by atoms with Crippen LogP contribution >= 0.6 is 0 Å². The lowest BCUT2D eigenvalue weighted by Gasteiger charge is -2.23. The number of carboxylic acids is 1. The molecule has 0 amide bonds. The maximum absolute atomic E-state index is 10.4. The van der Waals surface area contributed by atoms with Gasteiger partial charge in [-0.05, 0) is 26.3 Å². The molecule has 1 aliphatic heterocycles. The molecular formula is C10H19NO3. The van der Waals surface area contributed by atoms with Crippen LogP contribution in [-0.4, -0.2) is 48.3 Å². The van der Waals surface area contributed by atoms with Crippen LogP contribution < -0.4 is 0 Å². The minimum atomic E-state index is -0.716. The van der Waals surface area contributed by atoms with Crippen LogP contribution in [0.25, 0.3) is 0 Å². The summed E-state index contributed by atoms with van der Waals surface area (Å²) in [6, 6.07) is 0.439. The Hall–Kier alpha value is -0.610. The SMILES string of the molecule is CCOC[C@@H]1CCCN1CCC(=O)O. The van der Waals surface area contributed by atoms with Crippen molar-refractivity contribution >= 4 is 5.97 Å². The van der Waals surface area contributed by atoms with Crippen LogP contribution in [0.2, 0.25) is 0 Å². The average Bonchev–Trinajstić information content (AvgIpc) is 2.58. The lowest BCUT2D eigenvalue weighted by Crippen LogP contribution is -2.34. The number of rotatable bonds is 6. The van der Waals surface area contributed by atoms with Crippen molar-refractivity contribution < 1.29 is 14.6 Å². The Morgan fingerprint density at radius 2 is 2.43 bits per heavy atom. The quantitative estimate of drug-likeness (QED) is 0.695. The van der Waals surface area contributed by atoms with E-state index in [4.69, 9.17) is 9.84 Å². The molecule has 0 aromatic carbocycles. The molecule has 0 spiro atoms. The van der Waals surface area contributed by atoms with Crippen molar-refractivity contribution in [3.63, 3.8) is 0 Å². The molecule has 0 aliphatic carbocycles. The van der Waals surface area contributed by atoms with Crippen LogP contribution in [0.1, 0.15) is 26.2 Å². The van der Waals surface area contributed by atoms with Gasteiger partial charge in [0.25, 0.3) is 0 Å². The number of hydrogen-bond acceptors (Lipinski definition) is 3. The van der Waals surface area contributed by atoms with Crippen molar-refractivity contribution in [3.05, 3.63) is 0 Å². The summed E-state index contributed by atoms with van der Waals surface area (Å²) in [7, 11) is 0. The van der Waals surface area contributed by atoms with Crippen molar-refractivity contribution in [2.75, 3.05) is 26.3 Å². The highest BCUT2D eigenvalue weighted by molar-refractivity contribution is 5.66. The first-order valence-corrected chi connectivity index (χ1v) is 5.27. The van der Waals surface area contributed by atoms with Crippen LogP contribution in [0.3, 0.4) is 0 Å². The van der Waals surface area contributed by atoms with E-state index in [2.05, 4.69) is 4.90 Å². The van der Waals surface area contributed by atoms with Gasteiger partial charge in [-0.25, -0.2) is 0 Å². The number of aliphatic carboxylic acids is 1. The molecule has 82 valence electrons. The molecule has 0 aromatic rings. The molecule has 0 unspecified atom stereocenters. The van der Waals surface area contributed by atoms with Crippen LogP contribution in [0.15, 0.2) is 0 Å². The lowest BCUT2D eigenvalue weighted by atomic mass is 10.2. The second-order valence-electron chi connectivity index (χ2n) is 3.64. The average molecular weight is 201 g/mol. The zero-order valence-electron chi connectivity index (χ0n) is 8.74. The monoisotopic (exact) mass is 201 g/mol. The van der Waals surface area contributed by atoms with E-state index in [-0.39, 0.29) is 6.42 Å². The predicted molar refractivity (Wildman–Crippen MR) is 53.3 cm³/mol. The lowest BCUT2D eigenvalue weighted by molar-refractivity contribution is -0.137. The first-order valence-electron chi connectivity index (χ1n) is 5.27. The predicted octanol–water partition coefficient (Wildman–Crippen LogP) is 0.962. The molecule has 14 heavy (non-hydrogen) atoms. The van der Waals surface area contributed by atoms with Gasteiger partial charge in [-0.2, -0.15) is 0 Å². The second kappa shape index (κ2) is 5.98. The maximum atomic E-state index is 10.4. The topological polar surface area (TPSA) is 49.8 Å². The summed E-state index contributed by atoms with van der Waals surface area (Å²) >= 11 is 0. The molecule has 0 bridgehead atoms. The van der Waals surface area contributed by atoms with Crippen molar-refractivity contribution in [2.24, 2.45) is 0 Å². The molecule has 0 saturated carbocycles. The number of likely N-dealkylation sites (tertiary alicyclic amines) is 1. The van der Waals surface area contributed by atoms with E-state index < -0.39 is 5.97 Å². The molecule has 1 atom stereocenters. The fourth-order valence-electron chi connectivity index (χ4n) is 1.87. The molecule has 1 heterocycles. The standard InChI is InChI=1S/C10H19NO3/c1-2-14-8-9-4-3-6-11(9)7-5-10(12)13/h9H,2-8H2,1H3,(H,12,13)/t9-/m0/s1. The molecule has 1 rings (SSSR count). The molecule has 1 N–H and O–H groups in total. The van der Waals surface area contributed by atoms with E-state index in [1.165, 1.54) is 0 Å². The summed E-state index contributed by atoms with van der Waals surface area (Å²) in [5.41, 5.74) is 0. The third-order valence-electron chi connectivity index (χ3n) is 2.63. The Bertz CT molecular complexity index is 184. The summed E-state index contributed by atoms with van der Waals surface area (Å²) in [5.74, 6) is -0.716. The fourth-order valence-corrected chi connectivity index (χ4v) is 1.87. The van der Waals surface area contributed by atoms with Crippen LogP contribution in [0, 0.1) is 0 Å². The van der Waals surface area contributed by atoms with E-state index in [1.807, 2.05) is 6.92 Å². The molecule has 1 saturated heterocycles.